The summed E-state index contributed by atoms with van der Waals surface area (Å²) in [5, 5.41) is 0. The Morgan fingerprint density at radius 2 is 1.69 bits per heavy atom. The number of anilines is 1. The molecule has 1 aliphatic rings. The average molecular weight is 399 g/mol. The number of hydrogen-bond acceptors (Lipinski definition) is 7. The maximum atomic E-state index is 14.0. The lowest BCUT2D eigenvalue weighted by Crippen LogP contribution is -2.39. The van der Waals surface area contributed by atoms with Crippen molar-refractivity contribution in [1.29, 1.82) is 0 Å². The average Bonchev–Trinajstić information content (AvgIpc) is 2.77. The maximum Gasteiger partial charge on any atom is 0.355 e. The van der Waals surface area contributed by atoms with Crippen LogP contribution in [0.1, 0.15) is 15.9 Å². The molecule has 0 N–H and O–H groups in total. The number of methoxy groups -OCH3 is 2. The number of esters is 2. The van der Waals surface area contributed by atoms with E-state index >= 15 is 0 Å². The number of carbonyl (C=O) groups is 3. The molecule has 29 heavy (non-hydrogen) atoms. The van der Waals surface area contributed by atoms with Crippen LogP contribution in [-0.2, 0) is 23.8 Å². The lowest BCUT2D eigenvalue weighted by molar-refractivity contribution is -0.140. The first-order valence-corrected chi connectivity index (χ1v) is 8.62. The van der Waals surface area contributed by atoms with E-state index in [4.69, 9.17) is 14.2 Å². The first kappa shape index (κ1) is 20.2. The number of hydrogen-bond donors (Lipinski definition) is 0. The van der Waals surface area contributed by atoms with Crippen molar-refractivity contribution in [3.63, 3.8) is 0 Å². The van der Waals surface area contributed by atoms with Crippen LogP contribution in [0, 0.1) is 5.82 Å². The maximum absolute atomic E-state index is 14.0. The Balaban J connectivity index is 2.17. The van der Waals surface area contributed by atoms with E-state index in [0.717, 1.165) is 12.1 Å². The zero-order chi connectivity index (χ0) is 21.0. The van der Waals surface area contributed by atoms with Gasteiger partial charge in [0.1, 0.15) is 18.2 Å². The zero-order valence-corrected chi connectivity index (χ0v) is 15.8. The summed E-state index contributed by atoms with van der Waals surface area (Å²) in [5.74, 6) is -2.65. The second-order valence-corrected chi connectivity index (χ2v) is 6.07. The summed E-state index contributed by atoms with van der Waals surface area (Å²) in [7, 11) is 2.34. The highest BCUT2D eigenvalue weighted by Crippen LogP contribution is 2.31. The quantitative estimate of drug-likeness (QED) is 0.564. The molecule has 0 unspecified atom stereocenters. The SMILES string of the molecule is COC(=O)C1=C(C(=O)OC)N(c2ccc(F)cc2C(=O)c2ccccc2)COC1. The van der Waals surface area contributed by atoms with Crippen LogP contribution in [0.4, 0.5) is 10.1 Å². The molecule has 2 aromatic rings. The van der Waals surface area contributed by atoms with Gasteiger partial charge in [-0.05, 0) is 18.2 Å². The summed E-state index contributed by atoms with van der Waals surface area (Å²) in [6.07, 6.45) is 0. The van der Waals surface area contributed by atoms with Gasteiger partial charge in [-0.1, -0.05) is 30.3 Å². The van der Waals surface area contributed by atoms with Gasteiger partial charge in [0.25, 0.3) is 0 Å². The topological polar surface area (TPSA) is 82.1 Å². The smallest absolute Gasteiger partial charge is 0.355 e. The largest absolute Gasteiger partial charge is 0.466 e. The predicted octanol–water partition coefficient (Wildman–Crippen LogP) is 2.45. The van der Waals surface area contributed by atoms with Crippen molar-refractivity contribution in [3.8, 4) is 0 Å². The van der Waals surface area contributed by atoms with Crippen LogP contribution in [0.3, 0.4) is 0 Å². The van der Waals surface area contributed by atoms with Crippen molar-refractivity contribution in [2.75, 3.05) is 32.5 Å². The number of ketones is 1. The van der Waals surface area contributed by atoms with Gasteiger partial charge < -0.3 is 19.1 Å². The van der Waals surface area contributed by atoms with E-state index in [1.165, 1.54) is 25.2 Å². The van der Waals surface area contributed by atoms with Crippen molar-refractivity contribution in [2.45, 2.75) is 0 Å². The Labute approximate surface area is 166 Å². The van der Waals surface area contributed by atoms with E-state index in [2.05, 4.69) is 0 Å². The molecule has 150 valence electrons. The first-order valence-electron chi connectivity index (χ1n) is 8.62. The zero-order valence-electron chi connectivity index (χ0n) is 15.8. The van der Waals surface area contributed by atoms with Gasteiger partial charge in [0.15, 0.2) is 5.78 Å². The Kier molecular flexibility index (Phi) is 6.04. The van der Waals surface area contributed by atoms with Crippen molar-refractivity contribution < 1.29 is 33.0 Å². The summed E-state index contributed by atoms with van der Waals surface area (Å²) < 4.78 is 29.0. The summed E-state index contributed by atoms with van der Waals surface area (Å²) in [4.78, 5) is 38.9. The van der Waals surface area contributed by atoms with E-state index < -0.39 is 23.5 Å². The third-order valence-electron chi connectivity index (χ3n) is 4.36. The molecule has 0 spiro atoms. The molecule has 2 aromatic carbocycles. The minimum absolute atomic E-state index is 0.00678. The lowest BCUT2D eigenvalue weighted by Gasteiger charge is -2.32. The van der Waals surface area contributed by atoms with Gasteiger partial charge in [0.05, 0.1) is 32.1 Å². The highest BCUT2D eigenvalue weighted by Gasteiger charge is 2.34. The molecule has 0 fully saturated rings. The predicted molar refractivity (Wildman–Crippen MR) is 101 cm³/mol. The lowest BCUT2D eigenvalue weighted by atomic mass is 10.00. The number of rotatable bonds is 5. The number of ether oxygens (including phenoxy) is 3. The molecular weight excluding hydrogens is 381 g/mol. The van der Waals surface area contributed by atoms with Crippen molar-refractivity contribution >= 4 is 23.4 Å². The van der Waals surface area contributed by atoms with Gasteiger partial charge in [-0.2, -0.15) is 0 Å². The van der Waals surface area contributed by atoms with Crippen molar-refractivity contribution in [3.05, 3.63) is 76.7 Å². The Bertz CT molecular complexity index is 986. The molecule has 0 bridgehead atoms. The van der Waals surface area contributed by atoms with Crippen LogP contribution >= 0.6 is 0 Å². The van der Waals surface area contributed by atoms with Crippen LogP contribution in [-0.4, -0.2) is 45.3 Å². The van der Waals surface area contributed by atoms with Crippen LogP contribution < -0.4 is 4.90 Å². The van der Waals surface area contributed by atoms with Crippen LogP contribution in [0.25, 0.3) is 0 Å². The number of carbonyl (C=O) groups excluding carboxylic acids is 3. The van der Waals surface area contributed by atoms with Crippen LogP contribution in [0.15, 0.2) is 59.8 Å². The molecule has 0 saturated carbocycles. The normalized spacial score (nSPS) is 13.8. The molecule has 0 radical (unpaired) electrons. The van der Waals surface area contributed by atoms with Crippen molar-refractivity contribution in [2.24, 2.45) is 0 Å². The summed E-state index contributed by atoms with van der Waals surface area (Å²) in [5.41, 5.74) is 0.357. The highest BCUT2D eigenvalue weighted by molar-refractivity contribution is 6.13. The Hall–Kier alpha value is -3.52. The molecule has 1 aliphatic heterocycles. The minimum atomic E-state index is -0.809. The number of nitrogens with zero attached hydrogens (tertiary/aromatic N) is 1. The van der Waals surface area contributed by atoms with Crippen LogP contribution in [0.5, 0.6) is 0 Å². The molecule has 7 nitrogen and oxygen atoms in total. The first-order chi connectivity index (χ1) is 14.0. The van der Waals surface area contributed by atoms with E-state index in [1.807, 2.05) is 0 Å². The highest BCUT2D eigenvalue weighted by atomic mass is 19.1. The molecule has 3 rings (SSSR count). The number of halogens is 1. The van der Waals surface area contributed by atoms with Crippen molar-refractivity contribution in [1.82, 2.24) is 0 Å². The summed E-state index contributed by atoms with van der Waals surface area (Å²) >= 11 is 0. The standard InChI is InChI=1S/C21H18FNO6/c1-27-20(25)16-11-29-12-23(18(16)21(26)28-2)17-9-8-14(22)10-15(17)19(24)13-6-4-3-5-7-13/h3-10H,11-12H2,1-2H3. The molecule has 1 heterocycles. The third kappa shape index (κ3) is 4.02. The van der Waals surface area contributed by atoms with E-state index in [-0.39, 0.29) is 35.9 Å². The van der Waals surface area contributed by atoms with Gasteiger partial charge in [0, 0.05) is 11.1 Å². The van der Waals surface area contributed by atoms with Gasteiger partial charge in [0.2, 0.25) is 0 Å². The Morgan fingerprint density at radius 1 is 1.00 bits per heavy atom. The molecular formula is C21H18FNO6. The fourth-order valence-electron chi connectivity index (χ4n) is 3.00. The fraction of sp³-hybridized carbons (Fsp3) is 0.190. The third-order valence-corrected chi connectivity index (χ3v) is 4.36. The molecule has 0 aromatic heterocycles. The Morgan fingerprint density at radius 3 is 2.34 bits per heavy atom. The summed E-state index contributed by atoms with van der Waals surface area (Å²) in [6.45, 7) is -0.317. The second-order valence-electron chi connectivity index (χ2n) is 6.07. The minimum Gasteiger partial charge on any atom is -0.466 e. The fourth-order valence-corrected chi connectivity index (χ4v) is 3.00. The second kappa shape index (κ2) is 8.66. The van der Waals surface area contributed by atoms with Gasteiger partial charge in [-0.25, -0.2) is 14.0 Å². The molecule has 0 aliphatic carbocycles. The van der Waals surface area contributed by atoms with Crippen LogP contribution in [0.2, 0.25) is 0 Å². The van der Waals surface area contributed by atoms with E-state index in [1.54, 1.807) is 30.3 Å². The monoisotopic (exact) mass is 399 g/mol. The molecule has 8 heteroatoms. The van der Waals surface area contributed by atoms with Gasteiger partial charge in [-0.15, -0.1) is 0 Å². The summed E-state index contributed by atoms with van der Waals surface area (Å²) in [6, 6.07) is 11.9. The number of benzene rings is 2. The molecule has 0 amide bonds. The van der Waals surface area contributed by atoms with E-state index in [9.17, 15) is 18.8 Å². The van der Waals surface area contributed by atoms with Gasteiger partial charge >= 0.3 is 11.9 Å². The van der Waals surface area contributed by atoms with E-state index in [0.29, 0.717) is 5.56 Å². The molecule has 0 atom stereocenters. The van der Waals surface area contributed by atoms with Gasteiger partial charge in [-0.3, -0.25) is 4.79 Å². The molecule has 0 saturated heterocycles.